The number of fused-ring (bicyclic) bond motifs is 1. The zero-order valence-electron chi connectivity index (χ0n) is 17.7. The molecule has 0 spiro atoms. The second kappa shape index (κ2) is 8.01. The van der Waals surface area contributed by atoms with Crippen molar-refractivity contribution in [1.82, 2.24) is 24.6 Å². The SMILES string of the molecule is Cn1cc(N2CCCC(N3CCN(C(=O)c4cc5c(F)ccc(F)c5[nH]4)CC3)C2=O)cn1. The number of aryl methyl sites for hydroxylation is 1. The lowest BCUT2D eigenvalue weighted by Crippen LogP contribution is -2.58. The highest BCUT2D eigenvalue weighted by Crippen LogP contribution is 2.26. The number of aromatic amines is 1. The zero-order chi connectivity index (χ0) is 22.4. The molecule has 1 atom stereocenters. The van der Waals surface area contributed by atoms with E-state index in [-0.39, 0.29) is 34.5 Å². The van der Waals surface area contributed by atoms with Crippen molar-refractivity contribution in [3.8, 4) is 0 Å². The van der Waals surface area contributed by atoms with E-state index in [9.17, 15) is 18.4 Å². The van der Waals surface area contributed by atoms with Crippen LogP contribution < -0.4 is 4.90 Å². The first-order valence-electron chi connectivity index (χ1n) is 10.7. The zero-order valence-corrected chi connectivity index (χ0v) is 17.7. The first-order valence-corrected chi connectivity index (χ1v) is 10.7. The molecule has 2 amide bonds. The number of amides is 2. The molecule has 2 aliphatic heterocycles. The van der Waals surface area contributed by atoms with Crippen LogP contribution in [0.25, 0.3) is 10.9 Å². The summed E-state index contributed by atoms with van der Waals surface area (Å²) in [5.41, 5.74) is 0.957. The Bertz CT molecular complexity index is 1140. The van der Waals surface area contributed by atoms with Gasteiger partial charge in [0.15, 0.2) is 0 Å². The van der Waals surface area contributed by atoms with Gasteiger partial charge in [0.25, 0.3) is 5.91 Å². The van der Waals surface area contributed by atoms with Crippen molar-refractivity contribution in [2.75, 3.05) is 37.6 Å². The summed E-state index contributed by atoms with van der Waals surface area (Å²) in [4.78, 5) is 34.3. The molecule has 1 aromatic carbocycles. The molecular formula is C22H24F2N6O2. The van der Waals surface area contributed by atoms with Gasteiger partial charge in [-0.1, -0.05) is 0 Å². The lowest BCUT2D eigenvalue weighted by atomic mass is 10.0. The summed E-state index contributed by atoms with van der Waals surface area (Å²) in [5, 5.41) is 4.23. The van der Waals surface area contributed by atoms with E-state index in [4.69, 9.17) is 0 Å². The molecule has 168 valence electrons. The molecule has 1 unspecified atom stereocenters. The number of hydrogen-bond donors (Lipinski definition) is 1. The van der Waals surface area contributed by atoms with Crippen LogP contribution in [0.2, 0.25) is 0 Å². The van der Waals surface area contributed by atoms with Gasteiger partial charge < -0.3 is 14.8 Å². The molecule has 2 aliphatic rings. The van der Waals surface area contributed by atoms with E-state index in [2.05, 4.69) is 15.0 Å². The van der Waals surface area contributed by atoms with E-state index in [1.54, 1.807) is 20.7 Å². The number of anilines is 1. The lowest BCUT2D eigenvalue weighted by molar-refractivity contribution is -0.126. The van der Waals surface area contributed by atoms with Crippen LogP contribution in [0.5, 0.6) is 0 Å². The Morgan fingerprint density at radius 2 is 1.88 bits per heavy atom. The van der Waals surface area contributed by atoms with Gasteiger partial charge in [0.2, 0.25) is 5.91 Å². The van der Waals surface area contributed by atoms with E-state index in [1.807, 2.05) is 13.2 Å². The van der Waals surface area contributed by atoms with Gasteiger partial charge in [-0.25, -0.2) is 8.78 Å². The fraction of sp³-hybridized carbons (Fsp3) is 0.409. The normalized spacial score (nSPS) is 20.3. The minimum atomic E-state index is -0.598. The van der Waals surface area contributed by atoms with Gasteiger partial charge in [0.1, 0.15) is 17.3 Å². The highest BCUT2D eigenvalue weighted by Gasteiger charge is 2.36. The second-order valence-corrected chi connectivity index (χ2v) is 8.35. The van der Waals surface area contributed by atoms with Gasteiger partial charge >= 0.3 is 0 Å². The van der Waals surface area contributed by atoms with Crippen molar-refractivity contribution in [1.29, 1.82) is 0 Å². The van der Waals surface area contributed by atoms with Gasteiger partial charge in [-0.3, -0.25) is 19.2 Å². The Labute approximate surface area is 183 Å². The van der Waals surface area contributed by atoms with Crippen molar-refractivity contribution < 1.29 is 18.4 Å². The number of aromatic nitrogens is 3. The van der Waals surface area contributed by atoms with Crippen molar-refractivity contribution >= 4 is 28.4 Å². The predicted molar refractivity (Wildman–Crippen MR) is 114 cm³/mol. The second-order valence-electron chi connectivity index (χ2n) is 8.35. The molecule has 8 nitrogen and oxygen atoms in total. The summed E-state index contributed by atoms with van der Waals surface area (Å²) in [6, 6.07) is 3.22. The maximum Gasteiger partial charge on any atom is 0.270 e. The third kappa shape index (κ3) is 3.54. The Balaban J connectivity index is 1.26. The van der Waals surface area contributed by atoms with Crippen molar-refractivity contribution in [2.24, 2.45) is 7.05 Å². The molecular weight excluding hydrogens is 418 g/mol. The monoisotopic (exact) mass is 442 g/mol. The molecule has 3 aromatic rings. The van der Waals surface area contributed by atoms with Crippen LogP contribution in [-0.2, 0) is 11.8 Å². The fourth-order valence-corrected chi connectivity index (χ4v) is 4.67. The topological polar surface area (TPSA) is 77.5 Å². The molecule has 32 heavy (non-hydrogen) atoms. The summed E-state index contributed by atoms with van der Waals surface area (Å²) < 4.78 is 29.6. The molecule has 0 aliphatic carbocycles. The van der Waals surface area contributed by atoms with E-state index in [0.29, 0.717) is 32.7 Å². The number of benzene rings is 1. The molecule has 5 rings (SSSR count). The molecule has 0 radical (unpaired) electrons. The van der Waals surface area contributed by atoms with Crippen LogP contribution >= 0.6 is 0 Å². The molecule has 0 saturated carbocycles. The molecule has 0 bridgehead atoms. The number of carbonyl (C=O) groups is 2. The Morgan fingerprint density at radius 3 is 2.56 bits per heavy atom. The molecule has 4 heterocycles. The number of nitrogens with one attached hydrogen (secondary N) is 1. The Morgan fingerprint density at radius 1 is 1.12 bits per heavy atom. The third-order valence-electron chi connectivity index (χ3n) is 6.38. The van der Waals surface area contributed by atoms with Crippen LogP contribution in [0.15, 0.2) is 30.6 Å². The smallest absolute Gasteiger partial charge is 0.270 e. The van der Waals surface area contributed by atoms with Gasteiger partial charge in [-0.15, -0.1) is 0 Å². The Hall–Kier alpha value is -3.27. The van der Waals surface area contributed by atoms with E-state index >= 15 is 0 Å². The van der Waals surface area contributed by atoms with Crippen LogP contribution in [0.4, 0.5) is 14.5 Å². The quantitative estimate of drug-likeness (QED) is 0.674. The highest BCUT2D eigenvalue weighted by atomic mass is 19.1. The van der Waals surface area contributed by atoms with E-state index in [1.165, 1.54) is 6.07 Å². The van der Waals surface area contributed by atoms with Crippen molar-refractivity contribution in [3.63, 3.8) is 0 Å². The largest absolute Gasteiger partial charge is 0.348 e. The number of rotatable bonds is 3. The van der Waals surface area contributed by atoms with Gasteiger partial charge in [0.05, 0.1) is 23.4 Å². The third-order valence-corrected chi connectivity index (χ3v) is 6.38. The van der Waals surface area contributed by atoms with Gasteiger partial charge in [-0.2, -0.15) is 5.10 Å². The number of H-pyrrole nitrogens is 1. The standard InChI is InChI=1S/C22H24F2N6O2/c1-27-13-14(12-25-27)30-6-2-3-19(22(30)32)28-7-9-29(10-8-28)21(31)18-11-15-16(23)4-5-17(24)20(15)26-18/h4-5,11-13,19,26H,2-3,6-10H2,1H3. The van der Waals surface area contributed by atoms with E-state index < -0.39 is 11.6 Å². The number of hydrogen-bond acceptors (Lipinski definition) is 4. The minimum Gasteiger partial charge on any atom is -0.348 e. The molecule has 10 heteroatoms. The van der Waals surface area contributed by atoms with Gasteiger partial charge in [0, 0.05) is 51.4 Å². The van der Waals surface area contributed by atoms with Crippen LogP contribution in [0, 0.1) is 11.6 Å². The average Bonchev–Trinajstić information content (AvgIpc) is 3.44. The number of nitrogens with zero attached hydrogens (tertiary/aromatic N) is 5. The lowest BCUT2D eigenvalue weighted by Gasteiger charge is -2.42. The van der Waals surface area contributed by atoms with E-state index in [0.717, 1.165) is 30.7 Å². The first-order chi connectivity index (χ1) is 15.4. The minimum absolute atomic E-state index is 0.00437. The highest BCUT2D eigenvalue weighted by molar-refractivity contribution is 5.99. The van der Waals surface area contributed by atoms with Crippen molar-refractivity contribution in [3.05, 3.63) is 47.9 Å². The average molecular weight is 442 g/mol. The van der Waals surface area contributed by atoms with Crippen LogP contribution in [-0.4, -0.2) is 75.1 Å². The summed E-state index contributed by atoms with van der Waals surface area (Å²) in [5.74, 6) is -1.41. The predicted octanol–water partition coefficient (Wildman–Crippen LogP) is 2.13. The summed E-state index contributed by atoms with van der Waals surface area (Å²) in [6.45, 7) is 2.68. The van der Waals surface area contributed by atoms with Crippen molar-refractivity contribution in [2.45, 2.75) is 18.9 Å². The molecule has 1 N–H and O–H groups in total. The molecule has 2 fully saturated rings. The summed E-state index contributed by atoms with van der Waals surface area (Å²) >= 11 is 0. The summed E-state index contributed by atoms with van der Waals surface area (Å²) in [6.07, 6.45) is 5.21. The maximum absolute atomic E-state index is 14.0. The Kier molecular flexibility index (Phi) is 5.16. The summed E-state index contributed by atoms with van der Waals surface area (Å²) in [7, 11) is 1.82. The number of halogens is 2. The number of piperidine rings is 1. The fourth-order valence-electron chi connectivity index (χ4n) is 4.67. The molecule has 2 aromatic heterocycles. The first kappa shape index (κ1) is 20.6. The van der Waals surface area contributed by atoms with Gasteiger partial charge in [-0.05, 0) is 31.0 Å². The molecule has 2 saturated heterocycles. The number of piperazine rings is 1. The maximum atomic E-state index is 14.0. The van der Waals surface area contributed by atoms with Crippen LogP contribution in [0.1, 0.15) is 23.3 Å². The number of carbonyl (C=O) groups excluding carboxylic acids is 2. The van der Waals surface area contributed by atoms with Crippen LogP contribution in [0.3, 0.4) is 0 Å².